The van der Waals surface area contributed by atoms with Gasteiger partial charge in [-0.25, -0.2) is 9.59 Å². The van der Waals surface area contributed by atoms with Crippen LogP contribution in [-0.4, -0.2) is 51.6 Å². The number of carbonyl (C=O) groups is 4. The Kier molecular flexibility index (Phi) is 11.2. The van der Waals surface area contributed by atoms with Crippen LogP contribution in [0.25, 0.3) is 6.08 Å². The third-order valence-electron chi connectivity index (χ3n) is 6.32. The third-order valence-corrected chi connectivity index (χ3v) is 6.32. The molecule has 42 heavy (non-hydrogen) atoms. The van der Waals surface area contributed by atoms with Crippen molar-refractivity contribution in [1.82, 2.24) is 0 Å². The highest BCUT2D eigenvalue weighted by Gasteiger charge is 2.20. The van der Waals surface area contributed by atoms with Crippen LogP contribution in [0.4, 0.5) is 17.1 Å². The van der Waals surface area contributed by atoms with Crippen molar-refractivity contribution in [2.45, 2.75) is 26.8 Å². The van der Waals surface area contributed by atoms with Crippen molar-refractivity contribution in [2.75, 3.05) is 43.4 Å². The molecule has 0 bridgehead atoms. The Bertz CT molecular complexity index is 1450. The van der Waals surface area contributed by atoms with E-state index >= 15 is 0 Å². The quantitative estimate of drug-likeness (QED) is 0.112. The van der Waals surface area contributed by atoms with Crippen molar-refractivity contribution in [3.63, 3.8) is 0 Å². The minimum atomic E-state index is -0.802. The van der Waals surface area contributed by atoms with Crippen LogP contribution in [0.15, 0.2) is 72.3 Å². The van der Waals surface area contributed by atoms with Crippen molar-refractivity contribution < 1.29 is 33.4 Å². The molecule has 0 radical (unpaired) electrons. The number of carbonyl (C=O) groups excluding carboxylic acids is 4. The topological polar surface area (TPSA) is 123 Å². The molecule has 2 amide bonds. The van der Waals surface area contributed by atoms with Gasteiger partial charge in [-0.1, -0.05) is 43.3 Å². The van der Waals surface area contributed by atoms with E-state index in [0.29, 0.717) is 35.8 Å². The second-order valence-corrected chi connectivity index (χ2v) is 9.17. The van der Waals surface area contributed by atoms with E-state index in [9.17, 15) is 19.2 Å². The van der Waals surface area contributed by atoms with E-state index in [1.807, 2.05) is 62.2 Å². The molecule has 10 heteroatoms. The molecular formula is C32H35N3O7. The van der Waals surface area contributed by atoms with E-state index in [1.165, 1.54) is 20.3 Å². The van der Waals surface area contributed by atoms with Crippen LogP contribution >= 0.6 is 0 Å². The molecular weight excluding hydrogens is 538 g/mol. The lowest BCUT2D eigenvalue weighted by Gasteiger charge is -2.21. The summed E-state index contributed by atoms with van der Waals surface area (Å²) in [6.45, 7) is 4.68. The Morgan fingerprint density at radius 1 is 0.810 bits per heavy atom. The average molecular weight is 574 g/mol. The number of para-hydroxylation sites is 1. The highest BCUT2D eigenvalue weighted by Crippen LogP contribution is 2.28. The number of ether oxygens (including phenoxy) is 3. The summed E-state index contributed by atoms with van der Waals surface area (Å²) >= 11 is 0. The summed E-state index contributed by atoms with van der Waals surface area (Å²) in [5, 5.41) is 5.32. The second-order valence-electron chi connectivity index (χ2n) is 9.17. The number of nitrogens with one attached hydrogen (secondary N) is 2. The van der Waals surface area contributed by atoms with Gasteiger partial charge < -0.3 is 29.7 Å². The van der Waals surface area contributed by atoms with Crippen LogP contribution in [0.2, 0.25) is 0 Å². The number of hydrogen-bond acceptors (Lipinski definition) is 8. The number of anilines is 3. The van der Waals surface area contributed by atoms with Gasteiger partial charge in [0.2, 0.25) is 0 Å². The van der Waals surface area contributed by atoms with Crippen LogP contribution in [0.1, 0.15) is 30.5 Å². The lowest BCUT2D eigenvalue weighted by atomic mass is 10.1. The zero-order valence-corrected chi connectivity index (χ0v) is 24.4. The van der Waals surface area contributed by atoms with Crippen LogP contribution in [0.3, 0.4) is 0 Å². The second kappa shape index (κ2) is 15.0. The summed E-state index contributed by atoms with van der Waals surface area (Å²) in [6.07, 6.45) is 2.13. The predicted octanol–water partition coefficient (Wildman–Crippen LogP) is 4.59. The molecule has 3 aromatic rings. The summed E-state index contributed by atoms with van der Waals surface area (Å²) in [5.41, 5.74) is 4.11. The highest BCUT2D eigenvalue weighted by molar-refractivity contribution is 6.43. The van der Waals surface area contributed by atoms with Crippen molar-refractivity contribution in [3.05, 3.63) is 89.0 Å². The predicted molar refractivity (Wildman–Crippen MR) is 161 cm³/mol. The van der Waals surface area contributed by atoms with Gasteiger partial charge in [-0.3, -0.25) is 9.59 Å². The number of methoxy groups -OCH3 is 2. The fraction of sp³-hybridized carbons (Fsp3) is 0.250. The van der Waals surface area contributed by atoms with Crippen LogP contribution < -0.4 is 20.3 Å². The molecule has 0 aromatic heterocycles. The van der Waals surface area contributed by atoms with Gasteiger partial charge in [0.25, 0.3) is 0 Å². The first-order chi connectivity index (χ1) is 20.2. The van der Waals surface area contributed by atoms with Crippen LogP contribution in [0.5, 0.6) is 5.75 Å². The van der Waals surface area contributed by atoms with Gasteiger partial charge in [-0.05, 0) is 66.4 Å². The molecule has 0 saturated carbocycles. The lowest BCUT2D eigenvalue weighted by molar-refractivity contribution is -0.143. The van der Waals surface area contributed by atoms with Crippen molar-refractivity contribution in [1.29, 1.82) is 0 Å². The summed E-state index contributed by atoms with van der Waals surface area (Å²) in [4.78, 5) is 51.1. The van der Waals surface area contributed by atoms with Gasteiger partial charge in [0.15, 0.2) is 0 Å². The van der Waals surface area contributed by atoms with Crippen molar-refractivity contribution in [2.24, 2.45) is 0 Å². The Labute approximate surface area is 245 Å². The normalized spacial score (nSPS) is 10.2. The fourth-order valence-electron chi connectivity index (χ4n) is 4.13. The highest BCUT2D eigenvalue weighted by atomic mass is 16.5. The molecule has 10 nitrogen and oxygen atoms in total. The van der Waals surface area contributed by atoms with Crippen molar-refractivity contribution >= 4 is 46.9 Å². The lowest BCUT2D eigenvalue weighted by Crippen LogP contribution is -2.29. The maximum atomic E-state index is 12.7. The monoisotopic (exact) mass is 573 g/mol. The SMILES string of the molecule is CCOc1cc(CN(C)c2ccc(C=C(C(=O)OC)C(=O)OC)cc2)ccc1NC(=O)C(=O)Nc1ccccc1CC. The molecule has 0 aliphatic heterocycles. The number of aryl methyl sites for hydroxylation is 1. The average Bonchev–Trinajstić information content (AvgIpc) is 3.00. The summed E-state index contributed by atoms with van der Waals surface area (Å²) in [7, 11) is 4.30. The van der Waals surface area contributed by atoms with E-state index in [2.05, 4.69) is 20.1 Å². The van der Waals surface area contributed by atoms with Crippen LogP contribution in [0, 0.1) is 0 Å². The van der Waals surface area contributed by atoms with Gasteiger partial charge in [0.1, 0.15) is 11.3 Å². The third kappa shape index (κ3) is 8.20. The maximum absolute atomic E-state index is 12.7. The van der Waals surface area contributed by atoms with Gasteiger partial charge in [0, 0.05) is 25.0 Å². The maximum Gasteiger partial charge on any atom is 0.345 e. The fourth-order valence-corrected chi connectivity index (χ4v) is 4.13. The van der Waals surface area contributed by atoms with E-state index in [-0.39, 0.29) is 5.57 Å². The first kappa shape index (κ1) is 31.4. The minimum absolute atomic E-state index is 0.208. The van der Waals surface area contributed by atoms with Crippen molar-refractivity contribution in [3.8, 4) is 5.75 Å². The summed E-state index contributed by atoms with van der Waals surface area (Å²) < 4.78 is 15.1. The number of esters is 2. The zero-order valence-electron chi connectivity index (χ0n) is 24.4. The Morgan fingerprint density at radius 3 is 2.02 bits per heavy atom. The van der Waals surface area contributed by atoms with Gasteiger partial charge >= 0.3 is 23.8 Å². The van der Waals surface area contributed by atoms with E-state index in [4.69, 9.17) is 4.74 Å². The number of hydrogen-bond donors (Lipinski definition) is 2. The first-order valence-electron chi connectivity index (χ1n) is 13.4. The van der Waals surface area contributed by atoms with Gasteiger partial charge in [-0.15, -0.1) is 0 Å². The number of nitrogens with zero attached hydrogens (tertiary/aromatic N) is 1. The summed E-state index contributed by atoms with van der Waals surface area (Å²) in [5.74, 6) is -2.70. The van der Waals surface area contributed by atoms with Crippen LogP contribution in [-0.2, 0) is 41.6 Å². The molecule has 3 aromatic carbocycles. The Balaban J connectivity index is 1.71. The molecule has 0 fully saturated rings. The molecule has 0 heterocycles. The molecule has 0 aliphatic carbocycles. The molecule has 220 valence electrons. The molecule has 0 unspecified atom stereocenters. The van der Waals surface area contributed by atoms with E-state index < -0.39 is 23.8 Å². The molecule has 2 N–H and O–H groups in total. The molecule has 0 atom stereocenters. The minimum Gasteiger partial charge on any atom is -0.492 e. The van der Waals surface area contributed by atoms with Gasteiger partial charge in [-0.2, -0.15) is 0 Å². The molecule has 3 rings (SSSR count). The zero-order chi connectivity index (χ0) is 30.6. The molecule has 0 saturated heterocycles. The standard InChI is InChI=1S/C32H35N3O7/c1-6-23-10-8-9-11-26(23)33-29(36)30(37)34-27-17-14-22(19-28(27)42-7-2)20-35(3)24-15-12-21(13-16-24)18-25(31(38)40-4)32(39)41-5/h8-19H,6-7,20H2,1-5H3,(H,33,36)(H,34,37). The number of rotatable bonds is 11. The number of benzene rings is 3. The first-order valence-corrected chi connectivity index (χ1v) is 13.4. The largest absolute Gasteiger partial charge is 0.492 e. The Morgan fingerprint density at radius 2 is 1.43 bits per heavy atom. The van der Waals surface area contributed by atoms with E-state index in [1.54, 1.807) is 30.3 Å². The molecule has 0 spiro atoms. The Hall–Kier alpha value is -5.12. The summed E-state index contributed by atoms with van der Waals surface area (Å²) in [6, 6.07) is 19.9. The number of amides is 2. The van der Waals surface area contributed by atoms with Gasteiger partial charge in [0.05, 0.1) is 26.5 Å². The van der Waals surface area contributed by atoms with E-state index in [0.717, 1.165) is 23.2 Å². The smallest absolute Gasteiger partial charge is 0.345 e. The molecule has 0 aliphatic rings.